The van der Waals surface area contributed by atoms with E-state index in [0.29, 0.717) is 13.2 Å². The maximum atomic E-state index is 10.9. The van der Waals surface area contributed by atoms with Crippen LogP contribution in [0.5, 0.6) is 0 Å². The normalized spacial score (nSPS) is 13.8. The number of carbonyl (C=O) groups is 1. The minimum atomic E-state index is -0.373. The Morgan fingerprint density at radius 3 is 2.23 bits per heavy atom. The van der Waals surface area contributed by atoms with Crippen LogP contribution in [0.15, 0.2) is 0 Å². The maximum absolute atomic E-state index is 10.9. The van der Waals surface area contributed by atoms with Crippen molar-refractivity contribution in [2.45, 2.75) is 71.5 Å². The van der Waals surface area contributed by atoms with Gasteiger partial charge in [0.25, 0.3) is 0 Å². The van der Waals surface area contributed by atoms with Crippen molar-refractivity contribution in [1.29, 1.82) is 0 Å². The van der Waals surface area contributed by atoms with Gasteiger partial charge in [-0.05, 0) is 20.3 Å². The summed E-state index contributed by atoms with van der Waals surface area (Å²) >= 11 is 0. The van der Waals surface area contributed by atoms with Crippen molar-refractivity contribution >= 4 is 5.97 Å². The lowest BCUT2D eigenvalue weighted by molar-refractivity contribution is -0.149. The first-order chi connectivity index (χ1) is 10.6. The fourth-order valence-electron chi connectivity index (χ4n) is 1.90. The van der Waals surface area contributed by atoms with Crippen LogP contribution in [-0.2, 0) is 23.7 Å². The predicted molar refractivity (Wildman–Crippen MR) is 87.0 cm³/mol. The third-order valence-electron chi connectivity index (χ3n) is 3.32. The van der Waals surface area contributed by atoms with Crippen molar-refractivity contribution in [3.63, 3.8) is 0 Å². The van der Waals surface area contributed by atoms with E-state index in [0.717, 1.165) is 13.0 Å². The summed E-state index contributed by atoms with van der Waals surface area (Å²) in [5.41, 5.74) is 0. The van der Waals surface area contributed by atoms with Crippen LogP contribution in [0.2, 0.25) is 0 Å². The number of ether oxygens (including phenoxy) is 4. The lowest BCUT2D eigenvalue weighted by Crippen LogP contribution is -2.25. The van der Waals surface area contributed by atoms with E-state index in [2.05, 4.69) is 11.7 Å². The average molecular weight is 318 g/mol. The molecule has 0 fully saturated rings. The number of carbonyl (C=O) groups excluding carboxylic acids is 1. The first-order valence-electron chi connectivity index (χ1n) is 8.47. The van der Waals surface area contributed by atoms with E-state index >= 15 is 0 Å². The molecule has 2 unspecified atom stereocenters. The summed E-state index contributed by atoms with van der Waals surface area (Å²) in [4.78, 5) is 10.9. The van der Waals surface area contributed by atoms with Crippen LogP contribution in [0.3, 0.4) is 0 Å². The second kappa shape index (κ2) is 15.3. The van der Waals surface area contributed by atoms with Gasteiger partial charge in [0.15, 0.2) is 0 Å². The number of esters is 1. The lowest BCUT2D eigenvalue weighted by atomic mass is 10.1. The summed E-state index contributed by atoms with van der Waals surface area (Å²) in [7, 11) is 1.34. The van der Waals surface area contributed by atoms with Gasteiger partial charge in [-0.15, -0.1) is 0 Å². The van der Waals surface area contributed by atoms with Crippen molar-refractivity contribution in [3.8, 4) is 0 Å². The number of rotatable bonds is 15. The highest BCUT2D eigenvalue weighted by atomic mass is 16.6. The Kier molecular flexibility index (Phi) is 14.8. The topological polar surface area (TPSA) is 54.0 Å². The number of hydrogen-bond acceptors (Lipinski definition) is 5. The van der Waals surface area contributed by atoms with Gasteiger partial charge in [0, 0.05) is 6.61 Å². The van der Waals surface area contributed by atoms with E-state index in [1.54, 1.807) is 0 Å². The predicted octanol–water partition coefficient (Wildman–Crippen LogP) is 3.35. The van der Waals surface area contributed by atoms with Gasteiger partial charge in [-0.25, -0.2) is 4.79 Å². The lowest BCUT2D eigenvalue weighted by Gasteiger charge is -2.17. The Bertz CT molecular complexity index is 257. The van der Waals surface area contributed by atoms with Gasteiger partial charge < -0.3 is 18.9 Å². The van der Waals surface area contributed by atoms with Crippen molar-refractivity contribution < 1.29 is 23.7 Å². The zero-order valence-electron chi connectivity index (χ0n) is 14.8. The molecule has 0 aromatic rings. The molecule has 22 heavy (non-hydrogen) atoms. The minimum Gasteiger partial charge on any atom is -0.467 e. The SMILES string of the molecule is CCCCCCCCOCC(C)OCC(C)OCC(=O)OC. The summed E-state index contributed by atoms with van der Waals surface area (Å²) in [6, 6.07) is 0. The Balaban J connectivity index is 3.38. The Hall–Kier alpha value is -0.650. The number of unbranched alkanes of at least 4 members (excludes halogenated alkanes) is 5. The van der Waals surface area contributed by atoms with E-state index in [1.807, 2.05) is 13.8 Å². The summed E-state index contributed by atoms with van der Waals surface area (Å²) in [5, 5.41) is 0. The maximum Gasteiger partial charge on any atom is 0.331 e. The first-order valence-corrected chi connectivity index (χ1v) is 8.47. The van der Waals surface area contributed by atoms with Gasteiger partial charge in [-0.2, -0.15) is 0 Å². The molecule has 5 nitrogen and oxygen atoms in total. The zero-order chi connectivity index (χ0) is 16.6. The quantitative estimate of drug-likeness (QED) is 0.342. The molecular weight excluding hydrogens is 284 g/mol. The number of methoxy groups -OCH3 is 1. The van der Waals surface area contributed by atoms with Crippen LogP contribution >= 0.6 is 0 Å². The standard InChI is InChI=1S/C17H34O5/c1-5-6-7-8-9-10-11-20-12-15(2)21-13-16(3)22-14-17(18)19-4/h15-16H,5-14H2,1-4H3. The molecule has 0 aromatic heterocycles. The van der Waals surface area contributed by atoms with Gasteiger partial charge in [-0.3, -0.25) is 0 Å². The van der Waals surface area contributed by atoms with Crippen molar-refractivity contribution in [2.24, 2.45) is 0 Å². The van der Waals surface area contributed by atoms with Gasteiger partial charge in [0.05, 0.1) is 32.5 Å². The van der Waals surface area contributed by atoms with E-state index in [9.17, 15) is 4.79 Å². The first kappa shape index (κ1) is 21.4. The second-order valence-electron chi connectivity index (χ2n) is 5.68. The van der Waals surface area contributed by atoms with E-state index in [1.165, 1.54) is 39.2 Å². The molecule has 0 aromatic carbocycles. The van der Waals surface area contributed by atoms with Crippen LogP contribution in [0, 0.1) is 0 Å². The van der Waals surface area contributed by atoms with Crippen molar-refractivity contribution in [3.05, 3.63) is 0 Å². The smallest absolute Gasteiger partial charge is 0.331 e. The van der Waals surface area contributed by atoms with Crippen molar-refractivity contribution in [1.82, 2.24) is 0 Å². The molecule has 0 aliphatic heterocycles. The largest absolute Gasteiger partial charge is 0.467 e. The van der Waals surface area contributed by atoms with Gasteiger partial charge in [0.1, 0.15) is 6.61 Å². The molecule has 0 saturated heterocycles. The Labute approximate surface area is 135 Å². The molecule has 0 radical (unpaired) electrons. The van der Waals surface area contributed by atoms with Gasteiger partial charge in [0.2, 0.25) is 0 Å². The third-order valence-corrected chi connectivity index (χ3v) is 3.32. The average Bonchev–Trinajstić information content (AvgIpc) is 2.53. The Morgan fingerprint density at radius 2 is 1.55 bits per heavy atom. The van der Waals surface area contributed by atoms with Crippen LogP contribution in [-0.4, -0.2) is 51.7 Å². The summed E-state index contributed by atoms with van der Waals surface area (Å²) in [6.07, 6.45) is 7.51. The molecule has 0 saturated carbocycles. The molecule has 0 spiro atoms. The fraction of sp³-hybridized carbons (Fsp3) is 0.941. The second-order valence-corrected chi connectivity index (χ2v) is 5.68. The Morgan fingerprint density at radius 1 is 0.909 bits per heavy atom. The molecular formula is C17H34O5. The van der Waals surface area contributed by atoms with E-state index < -0.39 is 0 Å². The molecule has 0 bridgehead atoms. The molecule has 0 heterocycles. The monoisotopic (exact) mass is 318 g/mol. The van der Waals surface area contributed by atoms with Crippen molar-refractivity contribution in [2.75, 3.05) is 33.5 Å². The van der Waals surface area contributed by atoms with Crippen LogP contribution < -0.4 is 0 Å². The van der Waals surface area contributed by atoms with Crippen LogP contribution in [0.4, 0.5) is 0 Å². The summed E-state index contributed by atoms with van der Waals surface area (Å²) in [5.74, 6) is -0.373. The van der Waals surface area contributed by atoms with Crippen LogP contribution in [0.1, 0.15) is 59.3 Å². The van der Waals surface area contributed by atoms with Crippen LogP contribution in [0.25, 0.3) is 0 Å². The van der Waals surface area contributed by atoms with E-state index in [4.69, 9.17) is 14.2 Å². The summed E-state index contributed by atoms with van der Waals surface area (Å²) in [6.45, 7) is 7.88. The molecule has 0 aliphatic carbocycles. The zero-order valence-corrected chi connectivity index (χ0v) is 14.8. The molecule has 132 valence electrons. The molecule has 2 atom stereocenters. The highest BCUT2D eigenvalue weighted by Crippen LogP contribution is 2.05. The summed E-state index contributed by atoms with van der Waals surface area (Å²) < 4.78 is 21.0. The van der Waals surface area contributed by atoms with E-state index in [-0.39, 0.29) is 24.8 Å². The third kappa shape index (κ3) is 14.3. The molecule has 0 N–H and O–H groups in total. The highest BCUT2D eigenvalue weighted by molar-refractivity contribution is 5.70. The molecule has 0 aliphatic rings. The van der Waals surface area contributed by atoms with Gasteiger partial charge in [-0.1, -0.05) is 39.0 Å². The fourth-order valence-corrected chi connectivity index (χ4v) is 1.90. The molecule has 5 heteroatoms. The minimum absolute atomic E-state index is 0.0317. The highest BCUT2D eigenvalue weighted by Gasteiger charge is 2.09. The molecule has 0 rings (SSSR count). The van der Waals surface area contributed by atoms with Gasteiger partial charge >= 0.3 is 5.97 Å². The molecule has 0 amide bonds. The number of hydrogen-bond donors (Lipinski definition) is 0.